The zero-order chi connectivity index (χ0) is 64.7. The number of aliphatic hydroxyl groups excluding tert-OH is 5. The van der Waals surface area contributed by atoms with E-state index in [9.17, 15) is 0 Å². The maximum atomic E-state index is 8.56. The van der Waals surface area contributed by atoms with E-state index in [0.717, 1.165) is 84.5 Å². The number of rotatable bonds is 33. The molecule has 90 heavy (non-hydrogen) atoms. The zero-order valence-corrected chi connectivity index (χ0v) is 57.8. The van der Waals surface area contributed by atoms with Gasteiger partial charge in [0.2, 0.25) is 0 Å². The summed E-state index contributed by atoms with van der Waals surface area (Å²) in [5, 5.41) is 67.3. The number of hydrogen-bond acceptors (Lipinski definition) is 14. The topological polar surface area (TPSA) is 203 Å². The van der Waals surface area contributed by atoms with Crippen molar-refractivity contribution in [1.82, 2.24) is 0 Å². The van der Waals surface area contributed by atoms with Gasteiger partial charge in [0.25, 0.3) is 0 Å². The van der Waals surface area contributed by atoms with Crippen molar-refractivity contribution < 1.29 is 80.6 Å². The Labute approximate surface area is 568 Å². The van der Waals surface area contributed by atoms with Crippen LogP contribution in [0.5, 0.6) is 17.2 Å². The normalized spacial score (nSPS) is 11.8. The van der Waals surface area contributed by atoms with Gasteiger partial charge in [0.15, 0.2) is 0 Å². The van der Waals surface area contributed by atoms with E-state index in [1.54, 1.807) is 27.7 Å². The fourth-order valence-corrected chi connectivity index (χ4v) is 7.57. The average Bonchev–Trinajstić information content (AvgIpc) is 3.62. The van der Waals surface area contributed by atoms with Crippen molar-refractivity contribution in [2.75, 3.05) is 26.4 Å². The minimum absolute atomic E-state index is 0. The number of unbranched alkanes of at least 4 members (excludes halogenated alkanes) is 9. The second kappa shape index (κ2) is 59.2. The molecule has 0 amide bonds. The molecule has 14 nitrogen and oxygen atoms in total. The third kappa shape index (κ3) is 49.6. The van der Waals surface area contributed by atoms with Gasteiger partial charge in [0.1, 0.15) is 5.75 Å². The average molecular weight is 1420 g/mol. The number of azo groups is 3. The Kier molecular flexibility index (Phi) is 56.5. The molecule has 0 bridgehead atoms. The Hall–Kier alpha value is -6.14. The van der Waals surface area contributed by atoms with Crippen LogP contribution < -0.4 is 14.2 Å². The van der Waals surface area contributed by atoms with Crippen LogP contribution in [0.1, 0.15) is 163 Å². The van der Waals surface area contributed by atoms with Crippen molar-refractivity contribution in [2.24, 2.45) is 30.7 Å². The minimum atomic E-state index is -0.375. The van der Waals surface area contributed by atoms with E-state index in [4.69, 9.17) is 39.7 Å². The predicted molar refractivity (Wildman–Crippen MR) is 364 cm³/mol. The van der Waals surface area contributed by atoms with Crippen LogP contribution in [-0.4, -0.2) is 76.4 Å². The minimum Gasteiger partial charge on any atom is -0.551 e. The third-order valence-electron chi connectivity index (χ3n) is 12.1. The zero-order valence-electron chi connectivity index (χ0n) is 54.7. The molecule has 0 spiro atoms. The van der Waals surface area contributed by atoms with Crippen molar-refractivity contribution in [1.29, 1.82) is 0 Å². The van der Waals surface area contributed by atoms with Gasteiger partial charge >= 0.3 is 0 Å². The Balaban J connectivity index is 0. The molecule has 6 aromatic carbocycles. The van der Waals surface area contributed by atoms with Gasteiger partial charge in [-0.25, -0.2) is 0 Å². The van der Waals surface area contributed by atoms with E-state index in [-0.39, 0.29) is 71.9 Å². The van der Waals surface area contributed by atoms with Gasteiger partial charge in [-0.15, -0.1) is 49.6 Å². The maximum Gasteiger partial charge on any atom is 0.119 e. The summed E-state index contributed by atoms with van der Waals surface area (Å²) < 4.78 is 16.9. The first kappa shape index (κ1) is 85.9. The summed E-state index contributed by atoms with van der Waals surface area (Å²) >= 11 is 0. The van der Waals surface area contributed by atoms with E-state index in [1.165, 1.54) is 75.8 Å². The van der Waals surface area contributed by atoms with E-state index in [0.29, 0.717) is 30.8 Å². The molecular formula is C74H104N6O8Pd2-2. The third-order valence-corrected chi connectivity index (χ3v) is 12.1. The fourth-order valence-electron chi connectivity index (χ4n) is 7.57. The molecule has 16 heteroatoms. The van der Waals surface area contributed by atoms with Gasteiger partial charge in [0, 0.05) is 52.3 Å². The number of allylic oxidation sites excluding steroid dienone is 1. The second-order valence-corrected chi connectivity index (χ2v) is 20.9. The summed E-state index contributed by atoms with van der Waals surface area (Å²) in [7, 11) is 0. The van der Waals surface area contributed by atoms with E-state index >= 15 is 0 Å². The van der Waals surface area contributed by atoms with Crippen molar-refractivity contribution in [3.63, 3.8) is 0 Å². The number of aryl methyl sites for hydroxylation is 1. The first-order valence-corrected chi connectivity index (χ1v) is 31.4. The van der Waals surface area contributed by atoms with Crippen molar-refractivity contribution in [3.8, 4) is 17.2 Å². The maximum absolute atomic E-state index is 8.56. The van der Waals surface area contributed by atoms with Crippen LogP contribution in [0.3, 0.4) is 0 Å². The number of nitrogens with zero attached hydrogens (tertiary/aromatic N) is 6. The van der Waals surface area contributed by atoms with Gasteiger partial charge in [-0.05, 0) is 163 Å². The second-order valence-electron chi connectivity index (χ2n) is 20.9. The van der Waals surface area contributed by atoms with Gasteiger partial charge in [0.05, 0.1) is 73.6 Å². The Morgan fingerprint density at radius 2 is 0.822 bits per heavy atom. The summed E-state index contributed by atoms with van der Waals surface area (Å²) in [6.45, 7) is 24.5. The van der Waals surface area contributed by atoms with Gasteiger partial charge in [-0.1, -0.05) is 145 Å². The van der Waals surface area contributed by atoms with E-state index < -0.39 is 0 Å². The molecule has 0 saturated carbocycles. The monoisotopic (exact) mass is 1420 g/mol. The molecule has 6 rings (SSSR count). The van der Waals surface area contributed by atoms with Crippen molar-refractivity contribution >= 4 is 40.2 Å². The van der Waals surface area contributed by atoms with Crippen molar-refractivity contribution in [2.45, 2.75) is 183 Å². The Morgan fingerprint density at radius 1 is 0.444 bits per heavy atom. The number of benzene rings is 6. The van der Waals surface area contributed by atoms with Gasteiger partial charge < -0.3 is 39.7 Å². The predicted octanol–water partition coefficient (Wildman–Crippen LogP) is 20.4. The molecule has 500 valence electrons. The molecular weight excluding hydrogens is 1310 g/mol. The summed E-state index contributed by atoms with van der Waals surface area (Å²) in [6.07, 6.45) is 23.6. The number of aliphatic hydroxyl groups is 5. The molecule has 0 radical (unpaired) electrons. The molecule has 4 unspecified atom stereocenters. The largest absolute Gasteiger partial charge is 0.551 e. The molecule has 0 aromatic heterocycles. The van der Waals surface area contributed by atoms with Gasteiger partial charge in [-0.2, -0.15) is 42.8 Å². The quantitative estimate of drug-likeness (QED) is 0.00880. The van der Waals surface area contributed by atoms with Crippen LogP contribution in [0.15, 0.2) is 202 Å². The summed E-state index contributed by atoms with van der Waals surface area (Å²) in [6, 6.07) is 51.0. The molecule has 6 aromatic rings. The van der Waals surface area contributed by atoms with Crippen LogP contribution >= 0.6 is 0 Å². The van der Waals surface area contributed by atoms with E-state index in [2.05, 4.69) is 95.0 Å². The molecule has 4 atom stereocenters. The van der Waals surface area contributed by atoms with Crippen LogP contribution in [-0.2, 0) is 47.3 Å². The Morgan fingerprint density at radius 3 is 1.19 bits per heavy atom. The van der Waals surface area contributed by atoms with E-state index in [1.807, 2.05) is 146 Å². The van der Waals surface area contributed by atoms with Crippen molar-refractivity contribution in [3.05, 3.63) is 194 Å². The van der Waals surface area contributed by atoms with Gasteiger partial charge in [-0.3, -0.25) is 0 Å². The molecule has 0 aliphatic carbocycles. The summed E-state index contributed by atoms with van der Waals surface area (Å²) in [5.41, 5.74) is 7.29. The standard InChI is InChI=1S/C22H28N2O.C21H25N2O.C18H21N2O.2C5H12O2.C3H6O.2Pd/c1-3-5-7-8-9-19-10-12-20(13-11-19)23-24-21-14-16-22(17-15-21)25-18-6-4-2;1-3-5-6-7-17-24-21-15-13-20(14-16-21)23-22-19-11-9-18(8-4-2)10-12-19;1-2-3-4-8-15-21-18-13-11-17(12-14-18)20-19-16-9-6-5-7-10-16;2*1-4(6)3-5(2)7;1-2-3-4;;/h4,10-17H,2-3,5-9,18H2,1H3;4,8-13,15-16H,3,5-7,17H2,1-2H3;5-7,9-11,13-14H,2-4,8,15H2,1H3;2*4-7H,3H2,1-2H3;2,4H,1,3H2;;/q;2*-1;;;;;. The number of ether oxygens (including phenoxy) is 3. The Bertz CT molecular complexity index is 2680. The molecule has 5 N–H and O–H groups in total. The smallest absolute Gasteiger partial charge is 0.119 e. The molecule has 0 saturated heterocycles. The first-order valence-electron chi connectivity index (χ1n) is 31.4. The van der Waals surface area contributed by atoms with Crippen LogP contribution in [0.2, 0.25) is 0 Å². The first-order chi connectivity index (χ1) is 42.7. The summed E-state index contributed by atoms with van der Waals surface area (Å²) in [5.74, 6) is 2.51. The van der Waals surface area contributed by atoms with Crippen LogP contribution in [0.25, 0.3) is 6.08 Å². The fraction of sp³-hybridized carbons (Fsp3) is 0.432. The summed E-state index contributed by atoms with van der Waals surface area (Å²) in [4.78, 5) is 0. The van der Waals surface area contributed by atoms with Crippen LogP contribution in [0, 0.1) is 12.1 Å². The molecule has 0 heterocycles. The molecule has 0 aliphatic rings. The SMILES string of the molecule is C=CCCOc1ccc(N=Nc2ccc(CCCCCC)cc2)cc1.C=CCO.CC(O)CC(C)O.CC(O)CC(C)O.CC=Cc1ccc(N=Nc2[c-]cc(OCCCCCC)cc2)cc1.CCCCCCOc1c[c-]c(N=Nc2ccccc2)cc1.[Pd].[Pd]. The van der Waals surface area contributed by atoms with Crippen LogP contribution in [0.4, 0.5) is 34.1 Å². The molecule has 0 aliphatic heterocycles. The number of hydrogen-bond donors (Lipinski definition) is 5. The molecule has 0 fully saturated rings.